The van der Waals surface area contributed by atoms with Gasteiger partial charge in [-0.15, -0.1) is 12.4 Å². The summed E-state index contributed by atoms with van der Waals surface area (Å²) in [7, 11) is -3.51. The number of hydrogen-bond donors (Lipinski definition) is 2. The predicted octanol–water partition coefficient (Wildman–Crippen LogP) is 0.823. The van der Waals surface area contributed by atoms with E-state index in [0.29, 0.717) is 37.2 Å². The standard InChI is InChI=1S/C16H23N3O3S.ClH/c1-11(20)19-6-4-12-2-3-16(8-13(12)5-7-19)23(21,22)18-15-9-14(17)10-15;/h2-3,8,14-15,18H,4-7,9-10,17H2,1H3;1H. The van der Waals surface area contributed by atoms with E-state index in [9.17, 15) is 13.2 Å². The Labute approximate surface area is 149 Å². The van der Waals surface area contributed by atoms with Crippen LogP contribution in [0.2, 0.25) is 0 Å². The van der Waals surface area contributed by atoms with Gasteiger partial charge in [0.1, 0.15) is 0 Å². The molecule has 3 N–H and O–H groups in total. The molecule has 24 heavy (non-hydrogen) atoms. The summed E-state index contributed by atoms with van der Waals surface area (Å²) in [5.74, 6) is 0.0636. The third-order valence-corrected chi connectivity index (χ3v) is 6.25. The number of nitrogens with zero attached hydrogens (tertiary/aromatic N) is 1. The van der Waals surface area contributed by atoms with Crippen LogP contribution in [0.15, 0.2) is 23.1 Å². The average molecular weight is 374 g/mol. The van der Waals surface area contributed by atoms with Crippen molar-refractivity contribution in [2.24, 2.45) is 5.73 Å². The molecule has 0 unspecified atom stereocenters. The summed E-state index contributed by atoms with van der Waals surface area (Å²) in [5, 5.41) is 0. The number of hydrogen-bond acceptors (Lipinski definition) is 4. The van der Waals surface area contributed by atoms with Crippen molar-refractivity contribution in [2.45, 2.75) is 49.6 Å². The summed E-state index contributed by atoms with van der Waals surface area (Å²) in [6.45, 7) is 2.89. The van der Waals surface area contributed by atoms with Crippen molar-refractivity contribution in [3.05, 3.63) is 29.3 Å². The van der Waals surface area contributed by atoms with Gasteiger partial charge < -0.3 is 10.6 Å². The lowest BCUT2D eigenvalue weighted by molar-refractivity contribution is -0.128. The molecular weight excluding hydrogens is 350 g/mol. The van der Waals surface area contributed by atoms with Crippen LogP contribution < -0.4 is 10.5 Å². The molecule has 8 heteroatoms. The Morgan fingerprint density at radius 2 is 1.83 bits per heavy atom. The first-order valence-electron chi connectivity index (χ1n) is 8.00. The summed E-state index contributed by atoms with van der Waals surface area (Å²) in [6.07, 6.45) is 2.84. The van der Waals surface area contributed by atoms with E-state index in [0.717, 1.165) is 17.5 Å². The molecule has 1 aliphatic carbocycles. The summed E-state index contributed by atoms with van der Waals surface area (Å²) >= 11 is 0. The lowest BCUT2D eigenvalue weighted by Gasteiger charge is -2.32. The Kier molecular flexibility index (Phi) is 5.91. The van der Waals surface area contributed by atoms with E-state index in [1.807, 2.05) is 11.0 Å². The van der Waals surface area contributed by atoms with Gasteiger partial charge in [-0.3, -0.25) is 4.79 Å². The quantitative estimate of drug-likeness (QED) is 0.820. The molecule has 1 heterocycles. The second-order valence-electron chi connectivity index (χ2n) is 6.49. The van der Waals surface area contributed by atoms with Crippen LogP contribution >= 0.6 is 12.4 Å². The summed E-state index contributed by atoms with van der Waals surface area (Å²) in [6, 6.07) is 5.33. The molecule has 0 radical (unpaired) electrons. The highest BCUT2D eigenvalue weighted by molar-refractivity contribution is 7.89. The van der Waals surface area contributed by atoms with Gasteiger partial charge in [-0.2, -0.15) is 0 Å². The van der Waals surface area contributed by atoms with Gasteiger partial charge in [0.15, 0.2) is 0 Å². The zero-order valence-electron chi connectivity index (χ0n) is 13.7. The number of amides is 1. The van der Waals surface area contributed by atoms with Crippen LogP contribution in [0.25, 0.3) is 0 Å². The SMILES string of the molecule is CC(=O)N1CCc2ccc(S(=O)(=O)NC3CC(N)C3)cc2CC1.Cl. The minimum absolute atomic E-state index is 0. The van der Waals surface area contributed by atoms with Crippen molar-refractivity contribution >= 4 is 28.3 Å². The fourth-order valence-electron chi connectivity index (χ4n) is 3.23. The van der Waals surface area contributed by atoms with Gasteiger partial charge in [-0.25, -0.2) is 13.1 Å². The maximum Gasteiger partial charge on any atom is 0.240 e. The third kappa shape index (κ3) is 4.08. The van der Waals surface area contributed by atoms with Crippen LogP contribution in [-0.2, 0) is 27.7 Å². The highest BCUT2D eigenvalue weighted by Crippen LogP contribution is 2.23. The van der Waals surface area contributed by atoms with Crippen LogP contribution in [0.4, 0.5) is 0 Å². The number of benzene rings is 1. The Balaban J connectivity index is 0.00000208. The smallest absolute Gasteiger partial charge is 0.240 e. The number of sulfonamides is 1. The van der Waals surface area contributed by atoms with Gasteiger partial charge in [0.25, 0.3) is 0 Å². The van der Waals surface area contributed by atoms with Gasteiger partial charge in [-0.05, 0) is 48.9 Å². The van der Waals surface area contributed by atoms with Gasteiger partial charge in [0, 0.05) is 32.1 Å². The first kappa shape index (κ1) is 19.2. The lowest BCUT2D eigenvalue weighted by atomic mass is 9.89. The number of halogens is 1. The molecule has 2 aliphatic rings. The molecule has 1 amide bonds. The van der Waals surface area contributed by atoms with E-state index >= 15 is 0 Å². The van der Waals surface area contributed by atoms with Gasteiger partial charge >= 0.3 is 0 Å². The molecule has 0 atom stereocenters. The lowest BCUT2D eigenvalue weighted by Crippen LogP contribution is -2.50. The van der Waals surface area contributed by atoms with Gasteiger partial charge in [0.05, 0.1) is 4.90 Å². The molecule has 0 aromatic heterocycles. The van der Waals surface area contributed by atoms with E-state index in [1.165, 1.54) is 0 Å². The van der Waals surface area contributed by atoms with Crippen LogP contribution in [0.1, 0.15) is 30.9 Å². The van der Waals surface area contributed by atoms with Crippen LogP contribution in [0, 0.1) is 0 Å². The maximum atomic E-state index is 12.5. The van der Waals surface area contributed by atoms with Crippen molar-refractivity contribution in [3.8, 4) is 0 Å². The minimum Gasteiger partial charge on any atom is -0.342 e. The Hall–Kier alpha value is -1.15. The minimum atomic E-state index is -3.51. The normalized spacial score (nSPS) is 23.5. The molecule has 6 nitrogen and oxygen atoms in total. The van der Waals surface area contributed by atoms with Crippen molar-refractivity contribution in [2.75, 3.05) is 13.1 Å². The van der Waals surface area contributed by atoms with Crippen LogP contribution in [0.5, 0.6) is 0 Å². The Bertz CT molecular complexity index is 717. The van der Waals surface area contributed by atoms with Crippen molar-refractivity contribution in [3.63, 3.8) is 0 Å². The van der Waals surface area contributed by atoms with Gasteiger partial charge in [-0.1, -0.05) is 6.07 Å². The monoisotopic (exact) mass is 373 g/mol. The van der Waals surface area contributed by atoms with Crippen molar-refractivity contribution < 1.29 is 13.2 Å². The average Bonchev–Trinajstić information content (AvgIpc) is 2.67. The molecule has 3 rings (SSSR count). The molecule has 1 aliphatic heterocycles. The number of nitrogens with two attached hydrogens (primary N) is 1. The Morgan fingerprint density at radius 3 is 2.42 bits per heavy atom. The summed E-state index contributed by atoms with van der Waals surface area (Å²) in [5.41, 5.74) is 7.84. The molecule has 1 aromatic rings. The number of rotatable bonds is 3. The van der Waals surface area contributed by atoms with Crippen molar-refractivity contribution in [1.82, 2.24) is 9.62 Å². The molecule has 0 saturated heterocycles. The second kappa shape index (κ2) is 7.39. The fourth-order valence-corrected chi connectivity index (χ4v) is 4.54. The number of carbonyl (C=O) groups excluding carboxylic acids is 1. The first-order valence-corrected chi connectivity index (χ1v) is 9.49. The van der Waals surface area contributed by atoms with E-state index < -0.39 is 10.0 Å². The molecule has 0 bridgehead atoms. The molecule has 134 valence electrons. The van der Waals surface area contributed by atoms with Crippen LogP contribution in [0.3, 0.4) is 0 Å². The topological polar surface area (TPSA) is 92.5 Å². The number of fused-ring (bicyclic) bond motifs is 1. The fraction of sp³-hybridized carbons (Fsp3) is 0.562. The Morgan fingerprint density at radius 1 is 1.21 bits per heavy atom. The maximum absolute atomic E-state index is 12.5. The van der Waals surface area contributed by atoms with E-state index in [-0.39, 0.29) is 30.4 Å². The molecule has 1 fully saturated rings. The highest BCUT2D eigenvalue weighted by atomic mass is 35.5. The molecular formula is C16H24ClN3O3S. The van der Waals surface area contributed by atoms with Crippen LogP contribution in [-0.4, -0.2) is 44.4 Å². The van der Waals surface area contributed by atoms with E-state index in [4.69, 9.17) is 5.73 Å². The first-order chi connectivity index (χ1) is 10.8. The predicted molar refractivity (Wildman–Crippen MR) is 94.7 cm³/mol. The van der Waals surface area contributed by atoms with E-state index in [2.05, 4.69) is 4.72 Å². The van der Waals surface area contributed by atoms with Crippen molar-refractivity contribution in [1.29, 1.82) is 0 Å². The largest absolute Gasteiger partial charge is 0.342 e. The second-order valence-corrected chi connectivity index (χ2v) is 8.20. The molecule has 1 saturated carbocycles. The summed E-state index contributed by atoms with van der Waals surface area (Å²) < 4.78 is 27.7. The zero-order chi connectivity index (χ0) is 16.6. The highest BCUT2D eigenvalue weighted by Gasteiger charge is 2.30. The molecule has 1 aromatic carbocycles. The third-order valence-electron chi connectivity index (χ3n) is 4.73. The molecule has 0 spiro atoms. The number of carbonyl (C=O) groups is 1. The van der Waals surface area contributed by atoms with Gasteiger partial charge in [0.2, 0.25) is 15.9 Å². The zero-order valence-corrected chi connectivity index (χ0v) is 15.3. The van der Waals surface area contributed by atoms with E-state index in [1.54, 1.807) is 19.1 Å². The number of nitrogens with one attached hydrogen (secondary N) is 1. The summed E-state index contributed by atoms with van der Waals surface area (Å²) in [4.78, 5) is 13.6.